The van der Waals surface area contributed by atoms with Crippen LogP contribution in [-0.4, -0.2) is 56.1 Å². The SMILES string of the molecule is C#CCOCCOCC1CCN(C(=O)OC(C)(C)C)CC1. The predicted molar refractivity (Wildman–Crippen MR) is 81.0 cm³/mol. The first-order valence-corrected chi connectivity index (χ1v) is 7.49. The van der Waals surface area contributed by atoms with Crippen molar-refractivity contribution in [2.45, 2.75) is 39.2 Å². The second-order valence-corrected chi connectivity index (χ2v) is 6.24. The molecule has 0 radical (unpaired) electrons. The molecular weight excluding hydrogens is 270 g/mol. The summed E-state index contributed by atoms with van der Waals surface area (Å²) in [5.41, 5.74) is -0.435. The minimum atomic E-state index is -0.435. The van der Waals surface area contributed by atoms with Gasteiger partial charge in [0.2, 0.25) is 0 Å². The van der Waals surface area contributed by atoms with Crippen molar-refractivity contribution >= 4 is 6.09 Å². The number of terminal acetylenes is 1. The van der Waals surface area contributed by atoms with Gasteiger partial charge in [-0.2, -0.15) is 0 Å². The van der Waals surface area contributed by atoms with Gasteiger partial charge in [0.25, 0.3) is 0 Å². The molecule has 1 aliphatic heterocycles. The molecule has 1 rings (SSSR count). The number of rotatable bonds is 6. The van der Waals surface area contributed by atoms with Crippen molar-refractivity contribution in [1.29, 1.82) is 0 Å². The summed E-state index contributed by atoms with van der Waals surface area (Å²) in [5, 5.41) is 0. The number of likely N-dealkylation sites (tertiary alicyclic amines) is 1. The summed E-state index contributed by atoms with van der Waals surface area (Å²) >= 11 is 0. The zero-order chi connectivity index (χ0) is 15.7. The molecule has 0 aromatic carbocycles. The van der Waals surface area contributed by atoms with Gasteiger partial charge >= 0.3 is 6.09 Å². The Labute approximate surface area is 127 Å². The number of carbonyl (C=O) groups excluding carboxylic acids is 1. The van der Waals surface area contributed by atoms with Crippen LogP contribution in [0.4, 0.5) is 4.79 Å². The van der Waals surface area contributed by atoms with Crippen molar-refractivity contribution in [3.63, 3.8) is 0 Å². The molecule has 1 fully saturated rings. The second kappa shape index (κ2) is 8.91. The van der Waals surface area contributed by atoms with Gasteiger partial charge < -0.3 is 19.1 Å². The first-order chi connectivity index (χ1) is 9.92. The highest BCUT2D eigenvalue weighted by atomic mass is 16.6. The summed E-state index contributed by atoms with van der Waals surface area (Å²) in [5.74, 6) is 2.91. The number of hydrogen-bond donors (Lipinski definition) is 0. The van der Waals surface area contributed by atoms with E-state index in [4.69, 9.17) is 20.6 Å². The molecular formula is C16H27NO4. The maximum absolute atomic E-state index is 11.9. The van der Waals surface area contributed by atoms with E-state index in [2.05, 4.69) is 5.92 Å². The van der Waals surface area contributed by atoms with Gasteiger partial charge in [-0.1, -0.05) is 5.92 Å². The average Bonchev–Trinajstić information content (AvgIpc) is 2.41. The van der Waals surface area contributed by atoms with Crippen LogP contribution in [0.3, 0.4) is 0 Å². The van der Waals surface area contributed by atoms with E-state index < -0.39 is 5.60 Å². The van der Waals surface area contributed by atoms with Crippen molar-refractivity contribution in [2.75, 3.05) is 39.5 Å². The second-order valence-electron chi connectivity index (χ2n) is 6.24. The van der Waals surface area contributed by atoms with Gasteiger partial charge in [0, 0.05) is 19.7 Å². The molecule has 0 unspecified atom stereocenters. The average molecular weight is 297 g/mol. The molecule has 0 saturated carbocycles. The molecule has 1 heterocycles. The predicted octanol–water partition coefficient (Wildman–Crippen LogP) is 2.30. The molecule has 5 heteroatoms. The van der Waals surface area contributed by atoms with Gasteiger partial charge in [-0.05, 0) is 39.5 Å². The molecule has 1 saturated heterocycles. The van der Waals surface area contributed by atoms with Crippen LogP contribution in [0.5, 0.6) is 0 Å². The Morgan fingerprint density at radius 1 is 1.24 bits per heavy atom. The lowest BCUT2D eigenvalue weighted by Crippen LogP contribution is -2.42. The monoisotopic (exact) mass is 297 g/mol. The highest BCUT2D eigenvalue weighted by molar-refractivity contribution is 5.68. The molecule has 1 aliphatic rings. The normalized spacial score (nSPS) is 16.6. The molecule has 120 valence electrons. The summed E-state index contributed by atoms with van der Waals surface area (Å²) in [4.78, 5) is 13.7. The van der Waals surface area contributed by atoms with Crippen LogP contribution in [-0.2, 0) is 14.2 Å². The highest BCUT2D eigenvalue weighted by Gasteiger charge is 2.26. The smallest absolute Gasteiger partial charge is 0.410 e. The van der Waals surface area contributed by atoms with Gasteiger partial charge in [0.15, 0.2) is 0 Å². The van der Waals surface area contributed by atoms with E-state index in [0.717, 1.165) is 25.9 Å². The van der Waals surface area contributed by atoms with Gasteiger partial charge in [0.05, 0.1) is 13.2 Å². The molecule has 0 N–H and O–H groups in total. The van der Waals surface area contributed by atoms with E-state index in [1.807, 2.05) is 20.8 Å². The molecule has 0 aromatic rings. The fraction of sp³-hybridized carbons (Fsp3) is 0.812. The number of piperidine rings is 1. The topological polar surface area (TPSA) is 48.0 Å². The fourth-order valence-electron chi connectivity index (χ4n) is 2.11. The standard InChI is InChI=1S/C16H27NO4/c1-5-10-19-11-12-20-13-14-6-8-17(9-7-14)15(18)21-16(2,3)4/h1,14H,6-13H2,2-4H3. The maximum Gasteiger partial charge on any atom is 0.410 e. The van der Waals surface area contributed by atoms with E-state index in [1.54, 1.807) is 4.90 Å². The lowest BCUT2D eigenvalue weighted by atomic mass is 9.98. The van der Waals surface area contributed by atoms with E-state index in [-0.39, 0.29) is 6.09 Å². The number of amides is 1. The van der Waals surface area contributed by atoms with Crippen LogP contribution < -0.4 is 0 Å². The maximum atomic E-state index is 11.9. The number of carbonyl (C=O) groups is 1. The molecule has 0 aliphatic carbocycles. The van der Waals surface area contributed by atoms with Gasteiger partial charge in [0.1, 0.15) is 12.2 Å². The Bertz CT molecular complexity index is 348. The van der Waals surface area contributed by atoms with Crippen LogP contribution in [0.1, 0.15) is 33.6 Å². The summed E-state index contributed by atoms with van der Waals surface area (Å²) in [6.45, 7) is 9.25. The summed E-state index contributed by atoms with van der Waals surface area (Å²) in [6.07, 6.45) is 6.76. The van der Waals surface area contributed by atoms with E-state index in [1.165, 1.54) is 0 Å². The first kappa shape index (κ1) is 17.8. The van der Waals surface area contributed by atoms with E-state index >= 15 is 0 Å². The van der Waals surface area contributed by atoms with Crippen molar-refractivity contribution in [1.82, 2.24) is 4.90 Å². The Morgan fingerprint density at radius 2 is 1.86 bits per heavy atom. The van der Waals surface area contributed by atoms with Crippen molar-refractivity contribution in [2.24, 2.45) is 5.92 Å². The largest absolute Gasteiger partial charge is 0.444 e. The molecule has 5 nitrogen and oxygen atoms in total. The molecule has 0 aromatic heterocycles. The van der Waals surface area contributed by atoms with Crippen LogP contribution in [0.2, 0.25) is 0 Å². The minimum absolute atomic E-state index is 0.218. The molecule has 0 atom stereocenters. The Morgan fingerprint density at radius 3 is 2.43 bits per heavy atom. The van der Waals surface area contributed by atoms with E-state index in [9.17, 15) is 4.79 Å². The molecule has 0 bridgehead atoms. The highest BCUT2D eigenvalue weighted by Crippen LogP contribution is 2.19. The van der Waals surface area contributed by atoms with Crippen molar-refractivity contribution in [3.05, 3.63) is 0 Å². The Balaban J connectivity index is 2.12. The lowest BCUT2D eigenvalue weighted by molar-refractivity contribution is 0.00628. The van der Waals surface area contributed by atoms with Gasteiger partial charge in [-0.3, -0.25) is 0 Å². The third-order valence-electron chi connectivity index (χ3n) is 3.18. The molecule has 1 amide bonds. The molecule has 21 heavy (non-hydrogen) atoms. The number of ether oxygens (including phenoxy) is 3. The zero-order valence-corrected chi connectivity index (χ0v) is 13.4. The Kier molecular flexibility index (Phi) is 7.55. The van der Waals surface area contributed by atoms with Crippen LogP contribution in [0.15, 0.2) is 0 Å². The molecule has 0 spiro atoms. The third kappa shape index (κ3) is 7.93. The summed E-state index contributed by atoms with van der Waals surface area (Å²) in [6, 6.07) is 0. The minimum Gasteiger partial charge on any atom is -0.444 e. The van der Waals surface area contributed by atoms with Crippen molar-refractivity contribution in [3.8, 4) is 12.3 Å². The Hall–Kier alpha value is -1.25. The number of hydrogen-bond acceptors (Lipinski definition) is 4. The summed E-state index contributed by atoms with van der Waals surface area (Å²) in [7, 11) is 0. The fourth-order valence-corrected chi connectivity index (χ4v) is 2.11. The van der Waals surface area contributed by atoms with Crippen LogP contribution in [0.25, 0.3) is 0 Å². The van der Waals surface area contributed by atoms with Crippen LogP contribution in [0, 0.1) is 18.3 Å². The number of nitrogens with zero attached hydrogens (tertiary/aromatic N) is 1. The van der Waals surface area contributed by atoms with E-state index in [0.29, 0.717) is 32.3 Å². The van der Waals surface area contributed by atoms with Crippen LogP contribution >= 0.6 is 0 Å². The van der Waals surface area contributed by atoms with Gasteiger partial charge in [-0.25, -0.2) is 4.79 Å². The third-order valence-corrected chi connectivity index (χ3v) is 3.18. The van der Waals surface area contributed by atoms with Crippen molar-refractivity contribution < 1.29 is 19.0 Å². The zero-order valence-electron chi connectivity index (χ0n) is 13.4. The first-order valence-electron chi connectivity index (χ1n) is 7.49. The summed E-state index contributed by atoms with van der Waals surface area (Å²) < 4.78 is 16.1. The lowest BCUT2D eigenvalue weighted by Gasteiger charge is -2.33. The van der Waals surface area contributed by atoms with Gasteiger partial charge in [-0.15, -0.1) is 6.42 Å². The quantitative estimate of drug-likeness (QED) is 0.557.